The molecule has 30 heavy (non-hydrogen) atoms. The van der Waals surface area contributed by atoms with Gasteiger partial charge in [0.25, 0.3) is 0 Å². The number of nitrogens with zero attached hydrogens (tertiary/aromatic N) is 1. The zero-order valence-corrected chi connectivity index (χ0v) is 16.8. The van der Waals surface area contributed by atoms with Crippen LogP contribution in [-0.4, -0.2) is 47.6 Å². The predicted molar refractivity (Wildman–Crippen MR) is 102 cm³/mol. The Morgan fingerprint density at radius 1 is 1.33 bits per heavy atom. The van der Waals surface area contributed by atoms with E-state index in [1.54, 1.807) is 0 Å². The number of rotatable bonds is 8. The molecule has 1 fully saturated rings. The van der Waals surface area contributed by atoms with Crippen LogP contribution in [0.5, 0.6) is 0 Å². The molecule has 0 bridgehead atoms. The largest absolute Gasteiger partial charge is 0.506 e. The predicted octanol–water partition coefficient (Wildman–Crippen LogP) is 2.51. The van der Waals surface area contributed by atoms with E-state index in [1.807, 2.05) is 0 Å². The van der Waals surface area contributed by atoms with Crippen molar-refractivity contribution in [2.45, 2.75) is 45.2 Å². The molecule has 1 amide bonds. The molecule has 0 spiro atoms. The van der Waals surface area contributed by atoms with Crippen LogP contribution in [0.25, 0.3) is 5.76 Å². The van der Waals surface area contributed by atoms with Crippen molar-refractivity contribution in [1.29, 1.82) is 0 Å². The number of aliphatic imine (C=N–C) groups is 1. The number of carbonyl (C=O) groups excluding carboxylic acids is 2. The van der Waals surface area contributed by atoms with E-state index in [0.717, 1.165) is 6.21 Å². The van der Waals surface area contributed by atoms with Crippen molar-refractivity contribution < 1.29 is 37.7 Å². The molecular weight excluding hydrogens is 405 g/mol. The number of aliphatic hydroxyl groups is 2. The molecule has 164 valence electrons. The maximum Gasteiger partial charge on any atom is 0.343 e. The highest BCUT2D eigenvalue weighted by atomic mass is 19.2. The van der Waals surface area contributed by atoms with Gasteiger partial charge in [0, 0.05) is 13.1 Å². The third kappa shape index (κ3) is 4.81. The van der Waals surface area contributed by atoms with Gasteiger partial charge in [0.15, 0.2) is 11.6 Å². The number of ether oxygens (including phenoxy) is 1. The number of nitrogens with one attached hydrogen (secondary N) is 1. The fourth-order valence-electron chi connectivity index (χ4n) is 2.92. The van der Waals surface area contributed by atoms with E-state index in [2.05, 4.69) is 10.3 Å². The van der Waals surface area contributed by atoms with Crippen LogP contribution in [-0.2, 0) is 19.9 Å². The van der Waals surface area contributed by atoms with Crippen LogP contribution >= 0.6 is 0 Å². The van der Waals surface area contributed by atoms with Crippen LogP contribution in [0.2, 0.25) is 0 Å². The summed E-state index contributed by atoms with van der Waals surface area (Å²) in [4.78, 5) is 27.3. The van der Waals surface area contributed by atoms with Crippen molar-refractivity contribution in [3.05, 3.63) is 40.2 Å². The lowest BCUT2D eigenvalue weighted by Gasteiger charge is -2.20. The summed E-state index contributed by atoms with van der Waals surface area (Å²) in [5, 5.41) is 21.9. The summed E-state index contributed by atoms with van der Waals surface area (Å²) < 4.78 is 49.1. The summed E-state index contributed by atoms with van der Waals surface area (Å²) in [7, 11) is 0. The Labute approximate surface area is 171 Å². The summed E-state index contributed by atoms with van der Waals surface area (Å²) in [5.74, 6) is -7.06. The quantitative estimate of drug-likeness (QED) is 0.194. The molecule has 0 unspecified atom stereocenters. The molecular formula is C20H23F3N2O5. The number of hydrogen-bond donors (Lipinski definition) is 3. The SMILES string of the molecule is CCOC(=O)/C(C=N[C@@H](C)CO)=C(/O)c1cc(F)c(C2(NC(C)=O)CC2)c(F)c1F. The van der Waals surface area contributed by atoms with Crippen LogP contribution in [0.1, 0.15) is 44.7 Å². The molecule has 3 N–H and O–H groups in total. The van der Waals surface area contributed by atoms with Crippen molar-refractivity contribution in [1.82, 2.24) is 5.32 Å². The minimum Gasteiger partial charge on any atom is -0.506 e. The summed E-state index contributed by atoms with van der Waals surface area (Å²) in [6.45, 7) is 3.72. The standard InChI is InChI=1S/C20H23F3N2O5/c1-4-30-19(29)13(8-24-10(2)9-26)18(28)12-7-14(21)15(17(23)16(12)22)20(5-6-20)25-11(3)27/h7-8,10,26,28H,4-6,9H2,1-3H3,(H,25,27)/b18-13+,24-8?/t10-/m0/s1. The van der Waals surface area contributed by atoms with Gasteiger partial charge in [0.05, 0.1) is 35.9 Å². The first-order valence-corrected chi connectivity index (χ1v) is 9.29. The van der Waals surface area contributed by atoms with Gasteiger partial charge in [-0.25, -0.2) is 18.0 Å². The second-order valence-electron chi connectivity index (χ2n) is 6.96. The summed E-state index contributed by atoms with van der Waals surface area (Å²) in [6, 6.07) is -0.108. The Bertz CT molecular complexity index is 910. The first-order chi connectivity index (χ1) is 14.1. The van der Waals surface area contributed by atoms with Gasteiger partial charge in [-0.05, 0) is 32.8 Å². The van der Waals surface area contributed by atoms with Gasteiger partial charge < -0.3 is 20.3 Å². The van der Waals surface area contributed by atoms with E-state index in [9.17, 15) is 27.9 Å². The topological polar surface area (TPSA) is 108 Å². The second-order valence-corrected chi connectivity index (χ2v) is 6.96. The average Bonchev–Trinajstić information content (AvgIpc) is 3.43. The minimum absolute atomic E-state index is 0.0810. The second kappa shape index (κ2) is 9.29. The molecule has 2 rings (SSSR count). The van der Waals surface area contributed by atoms with Crippen molar-refractivity contribution >= 4 is 23.9 Å². The van der Waals surface area contributed by atoms with Crippen molar-refractivity contribution in [2.75, 3.05) is 13.2 Å². The van der Waals surface area contributed by atoms with Gasteiger partial charge in [0.1, 0.15) is 17.1 Å². The molecule has 1 saturated carbocycles. The Morgan fingerprint density at radius 3 is 2.47 bits per heavy atom. The van der Waals surface area contributed by atoms with E-state index in [0.29, 0.717) is 6.07 Å². The molecule has 0 saturated heterocycles. The van der Waals surface area contributed by atoms with Crippen LogP contribution in [0.3, 0.4) is 0 Å². The Balaban J connectivity index is 2.61. The van der Waals surface area contributed by atoms with Crippen molar-refractivity contribution in [3.8, 4) is 0 Å². The number of esters is 1. The number of aliphatic hydroxyl groups excluding tert-OH is 2. The molecule has 10 heteroatoms. The van der Waals surface area contributed by atoms with Crippen LogP contribution < -0.4 is 5.32 Å². The maximum atomic E-state index is 14.8. The Hall–Kier alpha value is -2.88. The van der Waals surface area contributed by atoms with Crippen molar-refractivity contribution in [2.24, 2.45) is 4.99 Å². The molecule has 0 aliphatic heterocycles. The van der Waals surface area contributed by atoms with Crippen molar-refractivity contribution in [3.63, 3.8) is 0 Å². The molecule has 1 aliphatic rings. The molecule has 1 aliphatic carbocycles. The van der Waals surface area contributed by atoms with Crippen LogP contribution in [0.4, 0.5) is 13.2 Å². The average molecular weight is 428 g/mol. The fraction of sp³-hybridized carbons (Fsp3) is 0.450. The molecule has 1 aromatic carbocycles. The zero-order chi connectivity index (χ0) is 22.6. The summed E-state index contributed by atoms with van der Waals surface area (Å²) >= 11 is 0. The molecule has 0 radical (unpaired) electrons. The van der Waals surface area contributed by atoms with Crippen LogP contribution in [0.15, 0.2) is 16.6 Å². The van der Waals surface area contributed by atoms with E-state index in [4.69, 9.17) is 9.84 Å². The lowest BCUT2D eigenvalue weighted by molar-refractivity contribution is -0.137. The number of halogens is 3. The minimum atomic E-state index is -1.59. The Morgan fingerprint density at radius 2 is 1.97 bits per heavy atom. The highest BCUT2D eigenvalue weighted by Crippen LogP contribution is 2.48. The van der Waals surface area contributed by atoms with Gasteiger partial charge >= 0.3 is 5.97 Å². The highest BCUT2D eigenvalue weighted by molar-refractivity contribution is 6.15. The van der Waals surface area contributed by atoms with Gasteiger partial charge in [0.2, 0.25) is 5.91 Å². The monoisotopic (exact) mass is 428 g/mol. The number of hydrogen-bond acceptors (Lipinski definition) is 6. The smallest absolute Gasteiger partial charge is 0.343 e. The zero-order valence-electron chi connectivity index (χ0n) is 16.8. The lowest BCUT2D eigenvalue weighted by Crippen LogP contribution is -2.35. The summed E-state index contributed by atoms with van der Waals surface area (Å²) in [6.07, 6.45) is 1.29. The van der Waals surface area contributed by atoms with E-state index < -0.39 is 63.4 Å². The normalized spacial score (nSPS) is 16.8. The molecule has 1 atom stereocenters. The van der Waals surface area contributed by atoms with Gasteiger partial charge in [-0.1, -0.05) is 0 Å². The third-order valence-corrected chi connectivity index (χ3v) is 4.53. The lowest BCUT2D eigenvalue weighted by atomic mass is 9.98. The first kappa shape index (κ1) is 23.4. The van der Waals surface area contributed by atoms with E-state index >= 15 is 0 Å². The van der Waals surface area contributed by atoms with Gasteiger partial charge in [-0.15, -0.1) is 0 Å². The molecule has 0 aromatic heterocycles. The third-order valence-electron chi connectivity index (χ3n) is 4.53. The number of carbonyl (C=O) groups is 2. The maximum absolute atomic E-state index is 14.8. The Kier molecular flexibility index (Phi) is 7.25. The molecule has 7 nitrogen and oxygen atoms in total. The first-order valence-electron chi connectivity index (χ1n) is 9.29. The molecule has 1 aromatic rings. The fourth-order valence-corrected chi connectivity index (χ4v) is 2.92. The van der Waals surface area contributed by atoms with E-state index in [1.165, 1.54) is 20.8 Å². The highest BCUT2D eigenvalue weighted by Gasteiger charge is 2.50. The molecule has 0 heterocycles. The number of benzene rings is 1. The van der Waals surface area contributed by atoms with Gasteiger partial charge in [-0.2, -0.15) is 0 Å². The van der Waals surface area contributed by atoms with Crippen LogP contribution in [0, 0.1) is 17.5 Å². The van der Waals surface area contributed by atoms with E-state index in [-0.39, 0.29) is 26.1 Å². The number of amides is 1. The van der Waals surface area contributed by atoms with Gasteiger partial charge in [-0.3, -0.25) is 9.79 Å². The summed E-state index contributed by atoms with van der Waals surface area (Å²) in [5.41, 5.74) is -3.53.